The van der Waals surface area contributed by atoms with Crippen LogP contribution in [0.3, 0.4) is 0 Å². The molecule has 1 aliphatic rings. The van der Waals surface area contributed by atoms with Crippen LogP contribution in [0.1, 0.15) is 64.1 Å². The molecule has 0 aliphatic heterocycles. The molecule has 1 aliphatic carbocycles. The molecular weight excluding hydrogens is 429 g/mol. The van der Waals surface area contributed by atoms with Crippen molar-refractivity contribution in [1.29, 1.82) is 0 Å². The van der Waals surface area contributed by atoms with E-state index in [1.54, 1.807) is 6.26 Å². The number of unbranched alkanes of at least 4 members (excludes halogenated alkanes) is 1. The smallest absolute Gasteiger partial charge is 0.191 e. The molecule has 144 valence electrons. The van der Waals surface area contributed by atoms with Gasteiger partial charge in [0.2, 0.25) is 0 Å². The molecular formula is C19H34IN3O2. The topological polar surface area (TPSA) is 58.8 Å². The summed E-state index contributed by atoms with van der Waals surface area (Å²) in [6, 6.07) is 3.83. The molecule has 1 fully saturated rings. The van der Waals surface area contributed by atoms with Crippen molar-refractivity contribution in [2.24, 2.45) is 4.99 Å². The highest BCUT2D eigenvalue weighted by molar-refractivity contribution is 14.0. The van der Waals surface area contributed by atoms with E-state index in [4.69, 9.17) is 9.15 Å². The fraction of sp³-hybridized carbons (Fsp3) is 0.737. The van der Waals surface area contributed by atoms with Crippen LogP contribution < -0.4 is 10.6 Å². The number of aliphatic imine (C=N–C) groups is 1. The van der Waals surface area contributed by atoms with Crippen molar-refractivity contribution in [3.63, 3.8) is 0 Å². The Kier molecular flexibility index (Phi) is 12.8. The Morgan fingerprint density at radius 2 is 2.00 bits per heavy atom. The van der Waals surface area contributed by atoms with E-state index in [9.17, 15) is 0 Å². The first kappa shape index (κ1) is 22.3. The second-order valence-corrected chi connectivity index (χ2v) is 6.39. The van der Waals surface area contributed by atoms with E-state index in [0.717, 1.165) is 44.3 Å². The molecule has 0 spiro atoms. The first-order chi connectivity index (χ1) is 11.9. The van der Waals surface area contributed by atoms with Gasteiger partial charge in [0.1, 0.15) is 12.3 Å². The van der Waals surface area contributed by atoms with Gasteiger partial charge in [-0.15, -0.1) is 24.0 Å². The first-order valence-electron chi connectivity index (χ1n) is 9.54. The largest absolute Gasteiger partial charge is 0.467 e. The number of guanidine groups is 1. The molecule has 0 amide bonds. The van der Waals surface area contributed by atoms with Crippen LogP contribution in [0.15, 0.2) is 27.8 Å². The number of hydrogen-bond acceptors (Lipinski definition) is 3. The summed E-state index contributed by atoms with van der Waals surface area (Å²) in [5, 5.41) is 6.63. The number of nitrogens with one attached hydrogen (secondary N) is 2. The number of nitrogens with zero attached hydrogens (tertiary/aromatic N) is 1. The van der Waals surface area contributed by atoms with Gasteiger partial charge in [-0.1, -0.05) is 25.7 Å². The maximum atomic E-state index is 6.03. The van der Waals surface area contributed by atoms with Gasteiger partial charge >= 0.3 is 0 Å². The Morgan fingerprint density at radius 3 is 2.68 bits per heavy atom. The minimum atomic E-state index is 0. The summed E-state index contributed by atoms with van der Waals surface area (Å²) in [6.45, 7) is 5.29. The van der Waals surface area contributed by atoms with Crippen molar-refractivity contribution in [1.82, 2.24) is 10.6 Å². The second kappa shape index (κ2) is 14.4. The van der Waals surface area contributed by atoms with Gasteiger partial charge in [-0.05, 0) is 44.7 Å². The zero-order valence-corrected chi connectivity index (χ0v) is 17.8. The molecule has 25 heavy (non-hydrogen) atoms. The predicted molar refractivity (Wildman–Crippen MR) is 114 cm³/mol. The molecule has 2 rings (SSSR count). The Morgan fingerprint density at radius 1 is 1.20 bits per heavy atom. The maximum Gasteiger partial charge on any atom is 0.191 e. The number of halogens is 1. The lowest BCUT2D eigenvalue weighted by atomic mass is 10.1. The van der Waals surface area contributed by atoms with Crippen molar-refractivity contribution in [3.8, 4) is 0 Å². The van der Waals surface area contributed by atoms with Crippen molar-refractivity contribution in [2.75, 3.05) is 19.7 Å². The minimum Gasteiger partial charge on any atom is -0.467 e. The first-order valence-corrected chi connectivity index (χ1v) is 9.54. The quantitative estimate of drug-likeness (QED) is 0.187. The molecule has 0 saturated heterocycles. The molecule has 1 heterocycles. The fourth-order valence-electron chi connectivity index (χ4n) is 2.99. The van der Waals surface area contributed by atoms with Gasteiger partial charge < -0.3 is 19.8 Å². The number of furan rings is 1. The molecule has 1 aromatic heterocycles. The van der Waals surface area contributed by atoms with Crippen LogP contribution in [0.2, 0.25) is 0 Å². The SMILES string of the molecule is CCNC(=NCc1ccco1)NCCCCOC1CCCCCC1.I. The predicted octanol–water partition coefficient (Wildman–Crippen LogP) is 4.47. The van der Waals surface area contributed by atoms with E-state index < -0.39 is 0 Å². The van der Waals surface area contributed by atoms with Crippen molar-refractivity contribution < 1.29 is 9.15 Å². The Labute approximate surface area is 169 Å². The third kappa shape index (κ3) is 10.1. The molecule has 1 aromatic rings. The lowest BCUT2D eigenvalue weighted by Gasteiger charge is -2.15. The Hall–Kier alpha value is -0.760. The number of rotatable bonds is 9. The van der Waals surface area contributed by atoms with Crippen LogP contribution in [0.25, 0.3) is 0 Å². The molecule has 5 nitrogen and oxygen atoms in total. The summed E-state index contributed by atoms with van der Waals surface area (Å²) in [7, 11) is 0. The zero-order valence-electron chi connectivity index (χ0n) is 15.5. The minimum absolute atomic E-state index is 0. The summed E-state index contributed by atoms with van der Waals surface area (Å²) < 4.78 is 11.3. The zero-order chi connectivity index (χ0) is 16.9. The number of ether oxygens (including phenoxy) is 1. The van der Waals surface area contributed by atoms with Crippen LogP contribution >= 0.6 is 24.0 Å². The fourth-order valence-corrected chi connectivity index (χ4v) is 2.99. The molecule has 1 saturated carbocycles. The molecule has 0 atom stereocenters. The van der Waals surface area contributed by atoms with Crippen LogP contribution in [0, 0.1) is 0 Å². The normalized spacial score (nSPS) is 16.1. The summed E-state index contributed by atoms with van der Waals surface area (Å²) in [5.41, 5.74) is 0. The molecule has 0 unspecified atom stereocenters. The third-order valence-electron chi connectivity index (χ3n) is 4.34. The average Bonchev–Trinajstić information content (AvgIpc) is 2.98. The van der Waals surface area contributed by atoms with Gasteiger partial charge in [0.25, 0.3) is 0 Å². The molecule has 6 heteroatoms. The standard InChI is InChI=1S/C19H33N3O2.HI/c1-2-20-19(22-16-18-12-9-15-24-18)21-13-7-8-14-23-17-10-5-3-4-6-11-17;/h9,12,15,17H,2-8,10-11,13-14,16H2,1H3,(H2,20,21,22);1H. The summed E-state index contributed by atoms with van der Waals surface area (Å²) in [4.78, 5) is 4.53. The van der Waals surface area contributed by atoms with E-state index in [1.807, 2.05) is 12.1 Å². The Bertz CT molecular complexity index is 444. The Balaban J connectivity index is 0.00000312. The van der Waals surface area contributed by atoms with Crippen LogP contribution in [0.4, 0.5) is 0 Å². The highest BCUT2D eigenvalue weighted by atomic mass is 127. The lowest BCUT2D eigenvalue weighted by Crippen LogP contribution is -2.37. The van der Waals surface area contributed by atoms with Gasteiger partial charge in [-0.2, -0.15) is 0 Å². The van der Waals surface area contributed by atoms with Crippen LogP contribution in [-0.2, 0) is 11.3 Å². The van der Waals surface area contributed by atoms with E-state index in [1.165, 1.54) is 38.5 Å². The van der Waals surface area contributed by atoms with Gasteiger partial charge in [0.05, 0.1) is 12.4 Å². The summed E-state index contributed by atoms with van der Waals surface area (Å²) >= 11 is 0. The van der Waals surface area contributed by atoms with E-state index in [0.29, 0.717) is 12.6 Å². The maximum absolute atomic E-state index is 6.03. The molecule has 0 bridgehead atoms. The van der Waals surface area contributed by atoms with E-state index in [2.05, 4.69) is 22.5 Å². The molecule has 0 aromatic carbocycles. The third-order valence-corrected chi connectivity index (χ3v) is 4.34. The van der Waals surface area contributed by atoms with Crippen LogP contribution in [0.5, 0.6) is 0 Å². The van der Waals surface area contributed by atoms with Gasteiger partial charge in [-0.3, -0.25) is 0 Å². The van der Waals surface area contributed by atoms with Crippen LogP contribution in [-0.4, -0.2) is 31.8 Å². The summed E-state index contributed by atoms with van der Waals surface area (Å²) in [6.07, 6.45) is 12.3. The van der Waals surface area contributed by atoms with Crippen molar-refractivity contribution in [2.45, 2.75) is 70.9 Å². The van der Waals surface area contributed by atoms with Gasteiger partial charge in [0.15, 0.2) is 5.96 Å². The monoisotopic (exact) mass is 463 g/mol. The van der Waals surface area contributed by atoms with E-state index >= 15 is 0 Å². The van der Waals surface area contributed by atoms with E-state index in [-0.39, 0.29) is 24.0 Å². The average molecular weight is 463 g/mol. The second-order valence-electron chi connectivity index (χ2n) is 6.39. The highest BCUT2D eigenvalue weighted by Crippen LogP contribution is 2.19. The van der Waals surface area contributed by atoms with Crippen molar-refractivity contribution >= 4 is 29.9 Å². The molecule has 0 radical (unpaired) electrons. The molecule has 2 N–H and O–H groups in total. The van der Waals surface area contributed by atoms with Crippen molar-refractivity contribution in [3.05, 3.63) is 24.2 Å². The lowest BCUT2D eigenvalue weighted by molar-refractivity contribution is 0.0411. The van der Waals surface area contributed by atoms with Gasteiger partial charge in [0, 0.05) is 19.7 Å². The van der Waals surface area contributed by atoms with Gasteiger partial charge in [-0.25, -0.2) is 4.99 Å². The number of hydrogen-bond donors (Lipinski definition) is 2. The highest BCUT2D eigenvalue weighted by Gasteiger charge is 2.11. The summed E-state index contributed by atoms with van der Waals surface area (Å²) in [5.74, 6) is 1.72.